The van der Waals surface area contributed by atoms with Crippen LogP contribution < -0.4 is 11.1 Å². The first-order valence-electron chi connectivity index (χ1n) is 5.98. The quantitative estimate of drug-likeness (QED) is 0.693. The van der Waals surface area contributed by atoms with Crippen molar-refractivity contribution >= 4 is 5.82 Å². The summed E-state index contributed by atoms with van der Waals surface area (Å²) in [5.41, 5.74) is 7.36. The molecule has 0 bridgehead atoms. The van der Waals surface area contributed by atoms with E-state index in [1.54, 1.807) is 6.20 Å². The minimum Gasteiger partial charge on any atom is -0.369 e. The zero-order valence-corrected chi connectivity index (χ0v) is 10.3. The second kappa shape index (κ2) is 7.17. The molecule has 0 saturated carbocycles. The number of nitrogens with two attached hydrogens (primary N) is 1. The molecule has 0 fully saturated rings. The first kappa shape index (κ1) is 12.9. The normalized spacial score (nSPS) is 10.4. The molecule has 0 amide bonds. The molecule has 0 aromatic carbocycles. The lowest BCUT2D eigenvalue weighted by Crippen LogP contribution is -2.07. The molecule has 0 radical (unpaired) electrons. The van der Waals surface area contributed by atoms with Crippen molar-refractivity contribution in [2.24, 2.45) is 5.73 Å². The molecule has 1 rings (SSSR count). The molecule has 90 valence electrons. The van der Waals surface area contributed by atoms with Crippen molar-refractivity contribution < 1.29 is 0 Å². The van der Waals surface area contributed by atoms with Crippen LogP contribution in [-0.4, -0.2) is 23.1 Å². The summed E-state index contributed by atoms with van der Waals surface area (Å²) in [6.45, 7) is 5.70. The molecule has 4 nitrogen and oxygen atoms in total. The molecule has 3 N–H and O–H groups in total. The molecule has 0 aliphatic carbocycles. The molecular formula is C12H22N4. The van der Waals surface area contributed by atoms with E-state index in [2.05, 4.69) is 15.3 Å². The van der Waals surface area contributed by atoms with E-state index in [1.165, 1.54) is 12.8 Å². The van der Waals surface area contributed by atoms with Crippen LogP contribution in [0.2, 0.25) is 0 Å². The molecule has 1 aromatic heterocycles. The van der Waals surface area contributed by atoms with E-state index in [-0.39, 0.29) is 0 Å². The summed E-state index contributed by atoms with van der Waals surface area (Å²) >= 11 is 0. The number of anilines is 1. The number of unbranched alkanes of at least 4 members (excludes halogenated alkanes) is 3. The zero-order valence-electron chi connectivity index (χ0n) is 10.3. The molecule has 1 aromatic rings. The van der Waals surface area contributed by atoms with E-state index in [0.717, 1.165) is 43.1 Å². The minimum absolute atomic E-state index is 0.801. The molecular weight excluding hydrogens is 200 g/mol. The summed E-state index contributed by atoms with van der Waals surface area (Å²) in [6.07, 6.45) is 6.53. The van der Waals surface area contributed by atoms with Crippen molar-refractivity contribution in [1.82, 2.24) is 9.97 Å². The fourth-order valence-electron chi connectivity index (χ4n) is 1.53. The Kier molecular flexibility index (Phi) is 5.78. The maximum Gasteiger partial charge on any atom is 0.147 e. The fourth-order valence-corrected chi connectivity index (χ4v) is 1.53. The van der Waals surface area contributed by atoms with Crippen molar-refractivity contribution in [3.8, 4) is 0 Å². The van der Waals surface area contributed by atoms with Gasteiger partial charge in [-0.1, -0.05) is 12.8 Å². The van der Waals surface area contributed by atoms with Crippen molar-refractivity contribution in [2.45, 2.75) is 39.5 Å². The maximum absolute atomic E-state index is 5.44. The SMILES string of the molecule is Cc1cnc(C)c(NCCCCCCN)n1. The lowest BCUT2D eigenvalue weighted by Gasteiger charge is -2.08. The van der Waals surface area contributed by atoms with Crippen LogP contribution >= 0.6 is 0 Å². The number of aryl methyl sites for hydroxylation is 2. The number of rotatable bonds is 7. The maximum atomic E-state index is 5.44. The van der Waals surface area contributed by atoms with Crippen LogP contribution in [0.3, 0.4) is 0 Å². The van der Waals surface area contributed by atoms with Gasteiger partial charge in [0, 0.05) is 12.7 Å². The number of hydrogen-bond donors (Lipinski definition) is 2. The predicted octanol–water partition coefficient (Wildman–Crippen LogP) is 2.02. The summed E-state index contributed by atoms with van der Waals surface area (Å²) in [7, 11) is 0. The van der Waals surface area contributed by atoms with Crippen LogP contribution in [0, 0.1) is 13.8 Å². The van der Waals surface area contributed by atoms with Crippen LogP contribution in [0.1, 0.15) is 37.1 Å². The van der Waals surface area contributed by atoms with E-state index in [0.29, 0.717) is 0 Å². The van der Waals surface area contributed by atoms with Crippen LogP contribution in [0.25, 0.3) is 0 Å². The Morgan fingerprint density at radius 1 is 1.19 bits per heavy atom. The summed E-state index contributed by atoms with van der Waals surface area (Å²) < 4.78 is 0. The highest BCUT2D eigenvalue weighted by Gasteiger charge is 2.00. The smallest absolute Gasteiger partial charge is 0.147 e. The summed E-state index contributed by atoms with van der Waals surface area (Å²) in [6, 6.07) is 0. The standard InChI is InChI=1S/C12H22N4/c1-10-9-15-11(2)12(16-10)14-8-6-4-3-5-7-13/h9H,3-8,13H2,1-2H3,(H,14,16). The van der Waals surface area contributed by atoms with E-state index in [4.69, 9.17) is 5.73 Å². The van der Waals surface area contributed by atoms with Gasteiger partial charge in [-0.15, -0.1) is 0 Å². The Morgan fingerprint density at radius 3 is 2.69 bits per heavy atom. The number of nitrogens with zero attached hydrogens (tertiary/aromatic N) is 2. The Morgan fingerprint density at radius 2 is 1.94 bits per heavy atom. The van der Waals surface area contributed by atoms with Gasteiger partial charge in [0.1, 0.15) is 5.82 Å². The van der Waals surface area contributed by atoms with Gasteiger partial charge in [-0.2, -0.15) is 0 Å². The Labute approximate surface area is 97.7 Å². The highest BCUT2D eigenvalue weighted by molar-refractivity contribution is 5.39. The second-order valence-corrected chi connectivity index (χ2v) is 4.08. The number of nitrogens with one attached hydrogen (secondary N) is 1. The molecule has 16 heavy (non-hydrogen) atoms. The van der Waals surface area contributed by atoms with Gasteiger partial charge in [0.05, 0.1) is 11.4 Å². The van der Waals surface area contributed by atoms with Crippen LogP contribution in [0.15, 0.2) is 6.20 Å². The zero-order chi connectivity index (χ0) is 11.8. The Hall–Kier alpha value is -1.16. The van der Waals surface area contributed by atoms with E-state index >= 15 is 0 Å². The Bertz CT molecular complexity index is 312. The third-order valence-electron chi connectivity index (χ3n) is 2.50. The van der Waals surface area contributed by atoms with Crippen molar-refractivity contribution in [3.63, 3.8) is 0 Å². The van der Waals surface area contributed by atoms with E-state index in [1.807, 2.05) is 13.8 Å². The molecule has 0 atom stereocenters. The van der Waals surface area contributed by atoms with Crippen LogP contribution in [0.5, 0.6) is 0 Å². The monoisotopic (exact) mass is 222 g/mol. The van der Waals surface area contributed by atoms with E-state index < -0.39 is 0 Å². The molecule has 0 aliphatic rings. The fraction of sp³-hybridized carbons (Fsp3) is 0.667. The van der Waals surface area contributed by atoms with Gasteiger partial charge in [-0.3, -0.25) is 4.98 Å². The Balaban J connectivity index is 2.23. The van der Waals surface area contributed by atoms with Gasteiger partial charge in [0.2, 0.25) is 0 Å². The summed E-state index contributed by atoms with van der Waals surface area (Å²) in [4.78, 5) is 8.68. The van der Waals surface area contributed by atoms with Gasteiger partial charge in [-0.25, -0.2) is 4.98 Å². The van der Waals surface area contributed by atoms with Gasteiger partial charge >= 0.3 is 0 Å². The van der Waals surface area contributed by atoms with Crippen molar-refractivity contribution in [1.29, 1.82) is 0 Å². The van der Waals surface area contributed by atoms with Crippen molar-refractivity contribution in [3.05, 3.63) is 17.6 Å². The second-order valence-electron chi connectivity index (χ2n) is 4.08. The average molecular weight is 222 g/mol. The number of hydrogen-bond acceptors (Lipinski definition) is 4. The first-order chi connectivity index (χ1) is 7.74. The highest BCUT2D eigenvalue weighted by atomic mass is 15.0. The molecule has 0 saturated heterocycles. The number of aromatic nitrogens is 2. The lowest BCUT2D eigenvalue weighted by molar-refractivity contribution is 0.660. The largest absolute Gasteiger partial charge is 0.369 e. The molecule has 0 unspecified atom stereocenters. The molecule has 4 heteroatoms. The predicted molar refractivity (Wildman–Crippen MR) is 67.5 cm³/mol. The van der Waals surface area contributed by atoms with E-state index in [9.17, 15) is 0 Å². The minimum atomic E-state index is 0.801. The summed E-state index contributed by atoms with van der Waals surface area (Å²) in [5.74, 6) is 0.916. The average Bonchev–Trinajstić information content (AvgIpc) is 2.28. The molecule has 1 heterocycles. The van der Waals surface area contributed by atoms with Gasteiger partial charge in [-0.05, 0) is 33.2 Å². The first-order valence-corrected chi connectivity index (χ1v) is 5.98. The molecule has 0 spiro atoms. The topological polar surface area (TPSA) is 63.8 Å². The van der Waals surface area contributed by atoms with Gasteiger partial charge in [0.25, 0.3) is 0 Å². The third kappa shape index (κ3) is 4.57. The third-order valence-corrected chi connectivity index (χ3v) is 2.50. The van der Waals surface area contributed by atoms with Crippen molar-refractivity contribution in [2.75, 3.05) is 18.4 Å². The van der Waals surface area contributed by atoms with Crippen LogP contribution in [0.4, 0.5) is 5.82 Å². The lowest BCUT2D eigenvalue weighted by atomic mass is 10.2. The molecule has 0 aliphatic heterocycles. The van der Waals surface area contributed by atoms with Crippen LogP contribution in [-0.2, 0) is 0 Å². The summed E-state index contributed by atoms with van der Waals surface area (Å²) in [5, 5.41) is 3.33. The van der Waals surface area contributed by atoms with Gasteiger partial charge < -0.3 is 11.1 Å². The van der Waals surface area contributed by atoms with Gasteiger partial charge in [0.15, 0.2) is 0 Å². The highest BCUT2D eigenvalue weighted by Crippen LogP contribution is 2.09.